The molecule has 1 unspecified atom stereocenters. The highest BCUT2D eigenvalue weighted by atomic mass is 15.1. The molecule has 2 aliphatic rings. The van der Waals surface area contributed by atoms with E-state index in [4.69, 9.17) is 5.73 Å². The monoisotopic (exact) mass is 272 g/mol. The van der Waals surface area contributed by atoms with E-state index in [0.29, 0.717) is 5.92 Å². The Morgan fingerprint density at radius 3 is 2.25 bits per heavy atom. The summed E-state index contributed by atoms with van der Waals surface area (Å²) in [6.45, 7) is 4.45. The second-order valence-electron chi connectivity index (χ2n) is 6.85. The number of hydrogen-bond acceptors (Lipinski definition) is 2. The molecule has 1 spiro atoms. The van der Waals surface area contributed by atoms with Gasteiger partial charge < -0.3 is 10.6 Å². The third-order valence-corrected chi connectivity index (χ3v) is 5.62. The summed E-state index contributed by atoms with van der Waals surface area (Å²) in [7, 11) is 0. The third-order valence-electron chi connectivity index (χ3n) is 5.62. The van der Waals surface area contributed by atoms with E-state index in [1.54, 1.807) is 0 Å². The fourth-order valence-corrected chi connectivity index (χ4v) is 4.19. The van der Waals surface area contributed by atoms with E-state index in [1.165, 1.54) is 57.2 Å². The van der Waals surface area contributed by atoms with E-state index in [-0.39, 0.29) is 0 Å². The van der Waals surface area contributed by atoms with Crippen LogP contribution in [0.4, 0.5) is 0 Å². The highest BCUT2D eigenvalue weighted by Crippen LogP contribution is 2.46. The molecule has 2 fully saturated rings. The van der Waals surface area contributed by atoms with Gasteiger partial charge in [0, 0.05) is 19.0 Å². The molecule has 1 heterocycles. The molecule has 0 radical (unpaired) electrons. The summed E-state index contributed by atoms with van der Waals surface area (Å²) in [5.74, 6) is 0.494. The summed E-state index contributed by atoms with van der Waals surface area (Å²) in [6, 6.07) is 10.8. The zero-order valence-corrected chi connectivity index (χ0v) is 12.6. The number of benzene rings is 1. The lowest BCUT2D eigenvalue weighted by molar-refractivity contribution is 0.104. The summed E-state index contributed by atoms with van der Waals surface area (Å²) >= 11 is 0. The van der Waals surface area contributed by atoms with Gasteiger partial charge in [-0.25, -0.2) is 0 Å². The minimum atomic E-state index is 0.494. The molecule has 1 aliphatic heterocycles. The Kier molecular flexibility index (Phi) is 4.42. The van der Waals surface area contributed by atoms with Crippen molar-refractivity contribution in [2.45, 2.75) is 44.4 Å². The molecule has 3 rings (SSSR count). The van der Waals surface area contributed by atoms with Gasteiger partial charge in [0.25, 0.3) is 0 Å². The molecule has 110 valence electrons. The minimum absolute atomic E-state index is 0.494. The Hall–Kier alpha value is -0.860. The van der Waals surface area contributed by atoms with Crippen LogP contribution in [-0.2, 0) is 0 Å². The number of nitrogens with zero attached hydrogens (tertiary/aromatic N) is 1. The molecule has 1 aromatic rings. The van der Waals surface area contributed by atoms with Crippen LogP contribution in [0.25, 0.3) is 0 Å². The Labute approximate surface area is 123 Å². The Bertz CT molecular complexity index is 399. The normalized spacial score (nSPS) is 24.1. The summed E-state index contributed by atoms with van der Waals surface area (Å²) < 4.78 is 0. The summed E-state index contributed by atoms with van der Waals surface area (Å²) in [6.07, 6.45) is 8.74. The lowest BCUT2D eigenvalue weighted by Gasteiger charge is -2.40. The standard InChI is InChI=1S/C18H28N2/c19-14-17(16-6-2-1-3-7-16)15-20-12-10-18(11-13-20)8-4-5-9-18/h1-3,6-7,17H,4-5,8-15,19H2. The van der Waals surface area contributed by atoms with Crippen LogP contribution in [0.3, 0.4) is 0 Å². The lowest BCUT2D eigenvalue weighted by atomic mass is 9.77. The molecular weight excluding hydrogens is 244 g/mol. The number of hydrogen-bond donors (Lipinski definition) is 1. The molecule has 0 aromatic heterocycles. The lowest BCUT2D eigenvalue weighted by Crippen LogP contribution is -2.41. The predicted octanol–water partition coefficient (Wildman–Crippen LogP) is 3.39. The Balaban J connectivity index is 1.55. The maximum atomic E-state index is 6.01. The molecule has 1 aliphatic carbocycles. The first-order chi connectivity index (χ1) is 9.81. The summed E-state index contributed by atoms with van der Waals surface area (Å²) in [4.78, 5) is 2.65. The van der Waals surface area contributed by atoms with E-state index < -0.39 is 0 Å². The second-order valence-corrected chi connectivity index (χ2v) is 6.85. The molecule has 1 aromatic carbocycles. The van der Waals surface area contributed by atoms with Gasteiger partial charge in [-0.05, 0) is 49.8 Å². The quantitative estimate of drug-likeness (QED) is 0.910. The maximum absolute atomic E-state index is 6.01. The smallest absolute Gasteiger partial charge is 0.00888 e. The van der Waals surface area contributed by atoms with Crippen LogP contribution in [0, 0.1) is 5.41 Å². The summed E-state index contributed by atoms with van der Waals surface area (Å²) in [5.41, 5.74) is 8.13. The highest BCUT2D eigenvalue weighted by Gasteiger charge is 2.37. The van der Waals surface area contributed by atoms with Crippen molar-refractivity contribution in [3.63, 3.8) is 0 Å². The van der Waals surface area contributed by atoms with Crippen molar-refractivity contribution in [2.75, 3.05) is 26.2 Å². The first kappa shape index (κ1) is 14.1. The van der Waals surface area contributed by atoms with Crippen molar-refractivity contribution in [3.05, 3.63) is 35.9 Å². The molecular formula is C18H28N2. The number of rotatable bonds is 4. The van der Waals surface area contributed by atoms with E-state index >= 15 is 0 Å². The van der Waals surface area contributed by atoms with Gasteiger partial charge in [0.1, 0.15) is 0 Å². The Morgan fingerprint density at radius 2 is 1.65 bits per heavy atom. The number of nitrogens with two attached hydrogens (primary N) is 1. The molecule has 2 heteroatoms. The molecule has 0 amide bonds. The number of likely N-dealkylation sites (tertiary alicyclic amines) is 1. The zero-order valence-electron chi connectivity index (χ0n) is 12.6. The third kappa shape index (κ3) is 3.07. The summed E-state index contributed by atoms with van der Waals surface area (Å²) in [5, 5.41) is 0. The fraction of sp³-hybridized carbons (Fsp3) is 0.667. The van der Waals surface area contributed by atoms with Crippen LogP contribution >= 0.6 is 0 Å². The van der Waals surface area contributed by atoms with Crippen molar-refractivity contribution < 1.29 is 0 Å². The van der Waals surface area contributed by atoms with Gasteiger partial charge in [-0.3, -0.25) is 0 Å². The van der Waals surface area contributed by atoms with Crippen LogP contribution in [0.15, 0.2) is 30.3 Å². The van der Waals surface area contributed by atoms with Gasteiger partial charge in [-0.1, -0.05) is 43.2 Å². The van der Waals surface area contributed by atoms with Crippen LogP contribution in [0.5, 0.6) is 0 Å². The van der Waals surface area contributed by atoms with Crippen LogP contribution in [0.2, 0.25) is 0 Å². The molecule has 1 atom stereocenters. The van der Waals surface area contributed by atoms with Gasteiger partial charge >= 0.3 is 0 Å². The van der Waals surface area contributed by atoms with Crippen molar-refractivity contribution in [2.24, 2.45) is 11.1 Å². The average Bonchev–Trinajstić information content (AvgIpc) is 2.96. The van der Waals surface area contributed by atoms with Crippen molar-refractivity contribution in [1.82, 2.24) is 4.90 Å². The molecule has 2 nitrogen and oxygen atoms in total. The fourth-order valence-electron chi connectivity index (χ4n) is 4.19. The Morgan fingerprint density at radius 1 is 1.00 bits per heavy atom. The highest BCUT2D eigenvalue weighted by molar-refractivity contribution is 5.20. The second kappa shape index (κ2) is 6.28. The van der Waals surface area contributed by atoms with E-state index in [9.17, 15) is 0 Å². The van der Waals surface area contributed by atoms with Gasteiger partial charge in [0.15, 0.2) is 0 Å². The van der Waals surface area contributed by atoms with E-state index in [0.717, 1.165) is 18.5 Å². The first-order valence-electron chi connectivity index (χ1n) is 8.29. The molecule has 2 N–H and O–H groups in total. The van der Waals surface area contributed by atoms with E-state index in [1.807, 2.05) is 0 Å². The molecule has 20 heavy (non-hydrogen) atoms. The van der Waals surface area contributed by atoms with Crippen molar-refractivity contribution in [1.29, 1.82) is 0 Å². The van der Waals surface area contributed by atoms with Crippen LogP contribution < -0.4 is 5.73 Å². The maximum Gasteiger partial charge on any atom is 0.00888 e. The zero-order chi connectivity index (χ0) is 13.8. The van der Waals surface area contributed by atoms with Gasteiger partial charge in [-0.15, -0.1) is 0 Å². The minimum Gasteiger partial charge on any atom is -0.330 e. The number of piperidine rings is 1. The largest absolute Gasteiger partial charge is 0.330 e. The first-order valence-corrected chi connectivity index (χ1v) is 8.29. The van der Waals surface area contributed by atoms with Crippen LogP contribution in [0.1, 0.15) is 50.0 Å². The average molecular weight is 272 g/mol. The molecule has 1 saturated heterocycles. The predicted molar refractivity (Wildman–Crippen MR) is 84.8 cm³/mol. The van der Waals surface area contributed by atoms with Crippen LogP contribution in [-0.4, -0.2) is 31.1 Å². The van der Waals surface area contributed by atoms with Gasteiger partial charge in [0.2, 0.25) is 0 Å². The molecule has 0 bridgehead atoms. The van der Waals surface area contributed by atoms with Gasteiger partial charge in [-0.2, -0.15) is 0 Å². The SMILES string of the molecule is NCC(CN1CCC2(CCCC2)CC1)c1ccccc1. The van der Waals surface area contributed by atoms with Crippen molar-refractivity contribution in [3.8, 4) is 0 Å². The topological polar surface area (TPSA) is 29.3 Å². The van der Waals surface area contributed by atoms with Crippen molar-refractivity contribution >= 4 is 0 Å². The van der Waals surface area contributed by atoms with Gasteiger partial charge in [0.05, 0.1) is 0 Å². The molecule has 1 saturated carbocycles. The van der Waals surface area contributed by atoms with E-state index in [2.05, 4.69) is 35.2 Å².